The normalized spacial score (nSPS) is 21.8. The van der Waals surface area contributed by atoms with E-state index in [4.69, 9.17) is 9.47 Å². The maximum absolute atomic E-state index is 12.7. The number of rotatable bonds is 13. The van der Waals surface area contributed by atoms with Gasteiger partial charge in [-0.2, -0.15) is 0 Å². The zero-order chi connectivity index (χ0) is 33.5. The van der Waals surface area contributed by atoms with Gasteiger partial charge < -0.3 is 14.6 Å². The van der Waals surface area contributed by atoms with E-state index in [-0.39, 0.29) is 36.2 Å². The molecular formula is C40H46N2O5S. The molecule has 2 N–H and O–H groups in total. The van der Waals surface area contributed by atoms with Crippen LogP contribution in [0, 0.1) is 5.92 Å². The van der Waals surface area contributed by atoms with Gasteiger partial charge >= 0.3 is 0 Å². The summed E-state index contributed by atoms with van der Waals surface area (Å²) < 4.78 is 41.7. The number of nitrogens with one attached hydrogen (secondary N) is 1. The van der Waals surface area contributed by atoms with Gasteiger partial charge in [-0.15, -0.1) is 6.58 Å². The van der Waals surface area contributed by atoms with Crippen LogP contribution in [0.2, 0.25) is 0 Å². The number of aliphatic hydroxyl groups is 1. The van der Waals surface area contributed by atoms with E-state index in [9.17, 15) is 13.5 Å². The highest BCUT2D eigenvalue weighted by Crippen LogP contribution is 2.42. The van der Waals surface area contributed by atoms with Crippen molar-refractivity contribution in [1.82, 2.24) is 9.62 Å². The van der Waals surface area contributed by atoms with Crippen molar-refractivity contribution < 1.29 is 23.0 Å². The minimum absolute atomic E-state index is 0.00613. The first kappa shape index (κ1) is 34.2. The Hall–Kier alpha value is -3.63. The Morgan fingerprint density at radius 1 is 0.854 bits per heavy atom. The lowest BCUT2D eigenvalue weighted by Crippen LogP contribution is -2.47. The average Bonchev–Trinajstić information content (AvgIpc) is 3.67. The van der Waals surface area contributed by atoms with Crippen molar-refractivity contribution in [3.05, 3.63) is 138 Å². The largest absolute Gasteiger partial charge is 0.392 e. The highest BCUT2D eigenvalue weighted by molar-refractivity contribution is 7.89. The Balaban J connectivity index is 1.20. The summed E-state index contributed by atoms with van der Waals surface area (Å²) in [6.45, 7) is 8.09. The van der Waals surface area contributed by atoms with Crippen LogP contribution >= 0.6 is 0 Å². The molecular weight excluding hydrogens is 621 g/mol. The number of ether oxygens (including phenoxy) is 2. The van der Waals surface area contributed by atoms with Gasteiger partial charge in [-0.25, -0.2) is 13.1 Å². The van der Waals surface area contributed by atoms with Crippen molar-refractivity contribution in [2.45, 2.75) is 75.2 Å². The summed E-state index contributed by atoms with van der Waals surface area (Å²) in [7, 11) is -3.60. The molecule has 0 amide bonds. The van der Waals surface area contributed by atoms with E-state index in [0.717, 1.165) is 46.5 Å². The van der Waals surface area contributed by atoms with Crippen LogP contribution in [0.15, 0.2) is 121 Å². The Morgan fingerprint density at radius 2 is 1.56 bits per heavy atom. The van der Waals surface area contributed by atoms with E-state index in [1.54, 1.807) is 30.3 Å². The van der Waals surface area contributed by atoms with Crippen LogP contribution in [-0.2, 0) is 32.6 Å². The van der Waals surface area contributed by atoms with Gasteiger partial charge in [0.25, 0.3) is 0 Å². The lowest BCUT2D eigenvalue weighted by atomic mass is 9.89. The molecule has 0 spiro atoms. The van der Waals surface area contributed by atoms with Gasteiger partial charge in [0.1, 0.15) is 0 Å². The second kappa shape index (κ2) is 15.7. The van der Waals surface area contributed by atoms with Crippen molar-refractivity contribution in [3.63, 3.8) is 0 Å². The average molecular weight is 667 g/mol. The number of benzene rings is 4. The summed E-state index contributed by atoms with van der Waals surface area (Å²) in [5, 5.41) is 9.61. The summed E-state index contributed by atoms with van der Waals surface area (Å²) in [5.41, 5.74) is 5.77. The molecule has 4 atom stereocenters. The predicted molar refractivity (Wildman–Crippen MR) is 189 cm³/mol. The maximum atomic E-state index is 12.7. The molecule has 252 valence electrons. The van der Waals surface area contributed by atoms with Crippen LogP contribution in [0.25, 0.3) is 11.1 Å². The third kappa shape index (κ3) is 8.14. The molecule has 4 aromatic carbocycles. The second-order valence-electron chi connectivity index (χ2n) is 13.0. The molecule has 0 bridgehead atoms. The minimum Gasteiger partial charge on any atom is -0.392 e. The Bertz CT molecular complexity index is 1740. The van der Waals surface area contributed by atoms with Gasteiger partial charge in [0.15, 0.2) is 6.29 Å². The molecule has 0 aromatic heterocycles. The number of aliphatic hydroxyl groups excluding tert-OH is 1. The molecule has 8 heteroatoms. The topological polar surface area (TPSA) is 88.1 Å². The summed E-state index contributed by atoms with van der Waals surface area (Å²) in [4.78, 5) is 2.78. The fourth-order valence-corrected chi connectivity index (χ4v) is 7.96. The Kier molecular flexibility index (Phi) is 11.2. The molecule has 6 rings (SSSR count). The Morgan fingerprint density at radius 3 is 2.25 bits per heavy atom. The zero-order valence-electron chi connectivity index (χ0n) is 27.6. The number of hydrogen-bond donors (Lipinski definition) is 2. The number of nitrogens with zero attached hydrogens (tertiary/aromatic N) is 1. The van der Waals surface area contributed by atoms with Crippen molar-refractivity contribution in [2.75, 3.05) is 13.1 Å². The first-order chi connectivity index (χ1) is 23.3. The van der Waals surface area contributed by atoms with Gasteiger partial charge in [-0.1, -0.05) is 111 Å². The van der Waals surface area contributed by atoms with Crippen LogP contribution in [0.5, 0.6) is 0 Å². The summed E-state index contributed by atoms with van der Waals surface area (Å²) >= 11 is 0. The quantitative estimate of drug-likeness (QED) is 0.143. The van der Waals surface area contributed by atoms with Gasteiger partial charge in [0, 0.05) is 37.2 Å². The molecule has 4 aromatic rings. The SMILES string of the molecule is C=CCN(C[C@H]1O[C@@H](c2ccc(-c3cccc(CNS(=O)(=O)c4ccccc4)c3)cc2)O[C@@H](c2ccc(CO)cc2)[C@H]1C)C1CCCC1. The van der Waals surface area contributed by atoms with E-state index < -0.39 is 16.3 Å². The summed E-state index contributed by atoms with van der Waals surface area (Å²) in [6.07, 6.45) is 6.18. The van der Waals surface area contributed by atoms with E-state index in [1.165, 1.54) is 25.7 Å². The molecule has 1 saturated carbocycles. The van der Waals surface area contributed by atoms with Crippen LogP contribution in [0.3, 0.4) is 0 Å². The van der Waals surface area contributed by atoms with E-state index >= 15 is 0 Å². The molecule has 7 nitrogen and oxygen atoms in total. The highest BCUT2D eigenvalue weighted by atomic mass is 32.2. The summed E-state index contributed by atoms with van der Waals surface area (Å²) in [6, 6.07) is 33.1. The van der Waals surface area contributed by atoms with Gasteiger partial charge in [-0.3, -0.25) is 4.90 Å². The van der Waals surface area contributed by atoms with Crippen molar-refractivity contribution in [3.8, 4) is 11.1 Å². The molecule has 2 aliphatic rings. The smallest absolute Gasteiger partial charge is 0.240 e. The van der Waals surface area contributed by atoms with E-state index in [0.29, 0.717) is 6.04 Å². The first-order valence-electron chi connectivity index (χ1n) is 16.9. The van der Waals surface area contributed by atoms with Crippen molar-refractivity contribution in [1.29, 1.82) is 0 Å². The molecule has 1 aliphatic heterocycles. The van der Waals surface area contributed by atoms with Crippen LogP contribution in [0.4, 0.5) is 0 Å². The molecule has 1 saturated heterocycles. The summed E-state index contributed by atoms with van der Waals surface area (Å²) in [5.74, 6) is 0.108. The van der Waals surface area contributed by atoms with Crippen molar-refractivity contribution >= 4 is 10.0 Å². The molecule has 1 aliphatic carbocycles. The fourth-order valence-electron chi connectivity index (χ4n) is 6.92. The monoisotopic (exact) mass is 666 g/mol. The standard InChI is InChI=1S/C40H46N2O5S/c1-3-24-42(36-12-7-8-13-36)27-38-29(2)39(33-18-16-30(28-43)17-19-33)47-40(46-38)34-22-20-32(21-23-34)35-11-9-10-31(25-35)26-41-48(44,45)37-14-5-4-6-15-37/h3-6,9-11,14-23,25,29,36,38-41,43H,1,7-8,12-13,24,26-28H2,2H3/t29-,38+,39+,40+/m0/s1. The lowest BCUT2D eigenvalue weighted by Gasteiger charge is -2.43. The molecule has 0 unspecified atom stereocenters. The highest BCUT2D eigenvalue weighted by Gasteiger charge is 2.40. The third-order valence-corrected chi connectivity index (χ3v) is 11.1. The maximum Gasteiger partial charge on any atom is 0.240 e. The molecule has 48 heavy (non-hydrogen) atoms. The zero-order valence-corrected chi connectivity index (χ0v) is 28.4. The third-order valence-electron chi connectivity index (χ3n) is 9.71. The van der Waals surface area contributed by atoms with Crippen LogP contribution in [-0.4, -0.2) is 43.7 Å². The van der Waals surface area contributed by atoms with Gasteiger partial charge in [-0.05, 0) is 58.9 Å². The van der Waals surface area contributed by atoms with Crippen LogP contribution in [0.1, 0.15) is 67.3 Å². The number of sulfonamides is 1. The lowest BCUT2D eigenvalue weighted by molar-refractivity contribution is -0.276. The van der Waals surface area contributed by atoms with E-state index in [2.05, 4.69) is 59.5 Å². The van der Waals surface area contributed by atoms with Gasteiger partial charge in [0.2, 0.25) is 10.0 Å². The predicted octanol–water partition coefficient (Wildman–Crippen LogP) is 7.55. The van der Waals surface area contributed by atoms with Crippen LogP contribution < -0.4 is 4.72 Å². The molecule has 0 radical (unpaired) electrons. The van der Waals surface area contributed by atoms with Crippen molar-refractivity contribution in [2.24, 2.45) is 5.92 Å². The fraction of sp³-hybridized carbons (Fsp3) is 0.350. The molecule has 1 heterocycles. The van der Waals surface area contributed by atoms with Gasteiger partial charge in [0.05, 0.1) is 23.7 Å². The van der Waals surface area contributed by atoms with E-state index in [1.807, 2.05) is 42.5 Å². The second-order valence-corrected chi connectivity index (χ2v) is 14.7. The Labute approximate surface area is 285 Å². The number of hydrogen-bond acceptors (Lipinski definition) is 6. The first-order valence-corrected chi connectivity index (χ1v) is 18.4. The molecule has 2 fully saturated rings. The minimum atomic E-state index is -3.60.